The smallest absolute Gasteiger partial charge is 0.256 e. The molecule has 3 rings (SSSR count). The van der Waals surface area contributed by atoms with E-state index in [2.05, 4.69) is 21.1 Å². The highest BCUT2D eigenvalue weighted by Crippen LogP contribution is 2.34. The molecule has 1 aliphatic rings. The molecule has 0 bridgehead atoms. The highest BCUT2D eigenvalue weighted by atomic mass is 79.9. The van der Waals surface area contributed by atoms with Gasteiger partial charge in [0.05, 0.1) is 17.3 Å². The Morgan fingerprint density at radius 1 is 1.48 bits per heavy atom. The molecule has 2 N–H and O–H groups in total. The minimum Gasteiger partial charge on any atom is -0.398 e. The Labute approximate surface area is 131 Å². The van der Waals surface area contributed by atoms with Gasteiger partial charge in [-0.05, 0) is 38.0 Å². The van der Waals surface area contributed by atoms with Crippen LogP contribution in [0.5, 0.6) is 0 Å². The first kappa shape index (κ1) is 14.1. The number of likely N-dealkylation sites (tertiary alicyclic amines) is 1. The maximum absolute atomic E-state index is 12.8. The molecule has 0 aliphatic carbocycles. The number of carbonyl (C=O) groups excluding carboxylic acids is 1. The zero-order valence-electron chi connectivity index (χ0n) is 11.7. The molecule has 1 fully saturated rings. The molecule has 6 heteroatoms. The number of hydrogen-bond acceptors (Lipinski definition) is 4. The van der Waals surface area contributed by atoms with Gasteiger partial charge in [0.15, 0.2) is 5.76 Å². The predicted molar refractivity (Wildman–Crippen MR) is 82.8 cm³/mol. The van der Waals surface area contributed by atoms with Crippen LogP contribution in [0.2, 0.25) is 0 Å². The second-order valence-electron chi connectivity index (χ2n) is 5.26. The van der Waals surface area contributed by atoms with Gasteiger partial charge in [-0.1, -0.05) is 21.1 Å². The Balaban J connectivity index is 1.91. The summed E-state index contributed by atoms with van der Waals surface area (Å²) in [4.78, 5) is 14.6. The van der Waals surface area contributed by atoms with E-state index >= 15 is 0 Å². The summed E-state index contributed by atoms with van der Waals surface area (Å²) < 4.78 is 6.17. The molecule has 0 saturated carbocycles. The van der Waals surface area contributed by atoms with Crippen molar-refractivity contribution in [2.75, 3.05) is 12.3 Å². The van der Waals surface area contributed by atoms with Gasteiger partial charge in [0.2, 0.25) is 0 Å². The summed E-state index contributed by atoms with van der Waals surface area (Å²) in [6.07, 6.45) is 1.83. The van der Waals surface area contributed by atoms with Gasteiger partial charge in [-0.2, -0.15) is 0 Å². The second-order valence-corrected chi connectivity index (χ2v) is 6.17. The first-order valence-electron chi connectivity index (χ1n) is 6.85. The lowest BCUT2D eigenvalue weighted by Crippen LogP contribution is -2.31. The van der Waals surface area contributed by atoms with Crippen molar-refractivity contribution in [2.24, 2.45) is 0 Å². The fourth-order valence-corrected chi connectivity index (χ4v) is 3.08. The Hall–Kier alpha value is -1.82. The fourth-order valence-electron chi connectivity index (χ4n) is 2.71. The quantitative estimate of drug-likeness (QED) is 0.844. The van der Waals surface area contributed by atoms with Crippen molar-refractivity contribution >= 4 is 27.5 Å². The van der Waals surface area contributed by atoms with Gasteiger partial charge >= 0.3 is 0 Å². The molecule has 21 heavy (non-hydrogen) atoms. The summed E-state index contributed by atoms with van der Waals surface area (Å²) in [7, 11) is 0. The number of benzene rings is 1. The van der Waals surface area contributed by atoms with Crippen molar-refractivity contribution in [3.05, 3.63) is 45.8 Å². The molecule has 2 aromatic rings. The molecule has 1 saturated heterocycles. The molecular weight excluding hydrogens is 334 g/mol. The number of anilines is 1. The van der Waals surface area contributed by atoms with E-state index in [9.17, 15) is 4.79 Å². The van der Waals surface area contributed by atoms with Crippen LogP contribution in [0.4, 0.5) is 5.69 Å². The molecule has 1 unspecified atom stereocenters. The molecule has 110 valence electrons. The number of aromatic nitrogens is 1. The van der Waals surface area contributed by atoms with Gasteiger partial charge in [-0.25, -0.2) is 0 Å². The lowest BCUT2D eigenvalue weighted by molar-refractivity contribution is 0.0715. The first-order chi connectivity index (χ1) is 10.1. The number of hydrogen-bond donors (Lipinski definition) is 1. The summed E-state index contributed by atoms with van der Waals surface area (Å²) in [5, 5.41) is 3.91. The van der Waals surface area contributed by atoms with Crippen molar-refractivity contribution in [1.29, 1.82) is 0 Å². The summed E-state index contributed by atoms with van der Waals surface area (Å²) in [6.45, 7) is 2.58. The third kappa shape index (κ3) is 2.68. The Morgan fingerprint density at radius 3 is 3.00 bits per heavy atom. The number of amides is 1. The maximum atomic E-state index is 12.8. The SMILES string of the molecule is Cc1cc(C2CCCN2C(=O)c2cc(Br)ccc2N)on1. The van der Waals surface area contributed by atoms with Gasteiger partial charge in [0, 0.05) is 22.8 Å². The van der Waals surface area contributed by atoms with Crippen LogP contribution in [-0.4, -0.2) is 22.5 Å². The molecule has 1 aliphatic heterocycles. The number of nitrogens with zero attached hydrogens (tertiary/aromatic N) is 2. The zero-order valence-corrected chi connectivity index (χ0v) is 13.3. The van der Waals surface area contributed by atoms with E-state index in [4.69, 9.17) is 10.3 Å². The van der Waals surface area contributed by atoms with Crippen LogP contribution in [0, 0.1) is 6.92 Å². The predicted octanol–water partition coefficient (Wildman–Crippen LogP) is 3.31. The van der Waals surface area contributed by atoms with Crippen LogP contribution < -0.4 is 5.73 Å². The second kappa shape index (κ2) is 5.52. The lowest BCUT2D eigenvalue weighted by atomic mass is 10.1. The van der Waals surface area contributed by atoms with Gasteiger partial charge < -0.3 is 15.2 Å². The Morgan fingerprint density at radius 2 is 2.29 bits per heavy atom. The molecular formula is C15H16BrN3O2. The van der Waals surface area contributed by atoms with E-state index < -0.39 is 0 Å². The highest BCUT2D eigenvalue weighted by molar-refractivity contribution is 9.10. The number of carbonyl (C=O) groups is 1. The number of rotatable bonds is 2. The summed E-state index contributed by atoms with van der Waals surface area (Å²) in [5.41, 5.74) is 7.78. The first-order valence-corrected chi connectivity index (χ1v) is 7.65. The van der Waals surface area contributed by atoms with E-state index in [0.29, 0.717) is 17.8 Å². The third-order valence-electron chi connectivity index (χ3n) is 3.73. The Kier molecular flexibility index (Phi) is 3.71. The van der Waals surface area contributed by atoms with Gasteiger partial charge in [0.1, 0.15) is 0 Å². The highest BCUT2D eigenvalue weighted by Gasteiger charge is 2.33. The van der Waals surface area contributed by atoms with Crippen LogP contribution in [0.1, 0.15) is 40.7 Å². The minimum absolute atomic E-state index is 0.0583. The van der Waals surface area contributed by atoms with Crippen LogP contribution in [-0.2, 0) is 0 Å². The van der Waals surface area contributed by atoms with Crippen molar-refractivity contribution in [1.82, 2.24) is 10.1 Å². The van der Waals surface area contributed by atoms with Gasteiger partial charge in [-0.15, -0.1) is 0 Å². The molecule has 1 amide bonds. The molecule has 2 heterocycles. The fraction of sp³-hybridized carbons (Fsp3) is 0.333. The largest absolute Gasteiger partial charge is 0.398 e. The van der Waals surface area contributed by atoms with E-state index in [1.54, 1.807) is 12.1 Å². The number of nitrogens with two attached hydrogens (primary N) is 1. The van der Waals surface area contributed by atoms with Crippen molar-refractivity contribution in [3.8, 4) is 0 Å². The zero-order chi connectivity index (χ0) is 15.0. The van der Waals surface area contributed by atoms with E-state index in [-0.39, 0.29) is 11.9 Å². The summed E-state index contributed by atoms with van der Waals surface area (Å²) in [5.74, 6) is 0.678. The normalized spacial score (nSPS) is 18.2. The van der Waals surface area contributed by atoms with Crippen molar-refractivity contribution in [2.45, 2.75) is 25.8 Å². The molecule has 0 spiro atoms. The van der Waals surface area contributed by atoms with Gasteiger partial charge in [-0.3, -0.25) is 4.79 Å². The number of halogens is 1. The van der Waals surface area contributed by atoms with E-state index in [1.165, 1.54) is 0 Å². The number of nitrogen functional groups attached to an aromatic ring is 1. The average Bonchev–Trinajstić information content (AvgIpc) is 3.09. The average molecular weight is 350 g/mol. The van der Waals surface area contributed by atoms with Crippen LogP contribution in [0.15, 0.2) is 33.3 Å². The molecule has 1 atom stereocenters. The van der Waals surface area contributed by atoms with E-state index in [1.807, 2.05) is 24.0 Å². The minimum atomic E-state index is -0.0645. The van der Waals surface area contributed by atoms with Crippen LogP contribution in [0.3, 0.4) is 0 Å². The topological polar surface area (TPSA) is 72.4 Å². The lowest BCUT2D eigenvalue weighted by Gasteiger charge is -2.23. The van der Waals surface area contributed by atoms with Crippen molar-refractivity contribution < 1.29 is 9.32 Å². The standard InChI is InChI=1S/C15H16BrN3O2/c1-9-7-14(21-18-9)13-3-2-6-19(13)15(20)11-8-10(16)4-5-12(11)17/h4-5,7-8,13H,2-3,6,17H2,1H3. The molecule has 1 aromatic carbocycles. The van der Waals surface area contributed by atoms with E-state index in [0.717, 1.165) is 28.8 Å². The molecule has 0 radical (unpaired) electrons. The molecule has 1 aromatic heterocycles. The number of aryl methyl sites for hydroxylation is 1. The third-order valence-corrected chi connectivity index (χ3v) is 4.23. The molecule has 5 nitrogen and oxygen atoms in total. The van der Waals surface area contributed by atoms with Crippen LogP contribution >= 0.6 is 15.9 Å². The summed E-state index contributed by atoms with van der Waals surface area (Å²) >= 11 is 3.38. The summed E-state index contributed by atoms with van der Waals surface area (Å²) in [6, 6.07) is 7.16. The monoisotopic (exact) mass is 349 g/mol. The Bertz CT molecular complexity index is 683. The maximum Gasteiger partial charge on any atom is 0.256 e. The van der Waals surface area contributed by atoms with Crippen molar-refractivity contribution in [3.63, 3.8) is 0 Å². The van der Waals surface area contributed by atoms with Crippen LogP contribution in [0.25, 0.3) is 0 Å². The van der Waals surface area contributed by atoms with Gasteiger partial charge in [0.25, 0.3) is 5.91 Å².